The number of fused-ring (bicyclic) bond motifs is 2. The second kappa shape index (κ2) is 6.48. The summed E-state index contributed by atoms with van der Waals surface area (Å²) in [7, 11) is 3.73. The van der Waals surface area contributed by atoms with E-state index in [1.807, 2.05) is 60.1 Å². The summed E-state index contributed by atoms with van der Waals surface area (Å²) in [5, 5.41) is 4.93. The van der Waals surface area contributed by atoms with Gasteiger partial charge in [0, 0.05) is 37.3 Å². The lowest BCUT2D eigenvalue weighted by Gasteiger charge is -2.18. The first-order chi connectivity index (χ1) is 12.6. The Morgan fingerprint density at radius 3 is 2.85 bits per heavy atom. The van der Waals surface area contributed by atoms with E-state index in [4.69, 9.17) is 0 Å². The zero-order chi connectivity index (χ0) is 18.1. The van der Waals surface area contributed by atoms with Crippen molar-refractivity contribution >= 4 is 33.5 Å². The predicted octanol–water partition coefficient (Wildman–Crippen LogP) is 3.79. The largest absolute Gasteiger partial charge is 0.330 e. The number of para-hydroxylation sites is 2. The van der Waals surface area contributed by atoms with Crippen LogP contribution in [0.4, 0.5) is 10.5 Å². The fourth-order valence-electron chi connectivity index (χ4n) is 3.06. The molecular formula is C20H19N5O. The smallest absolute Gasteiger partial charge is 0.322 e. The monoisotopic (exact) mass is 345 g/mol. The standard InChI is InChI=1S/C20H19N5O/c1-24(13-19-22-17-7-3-4-9-18(17)25(19)2)20(26)23-16-8-5-6-14-12-21-11-10-15(14)16/h3-12H,13H2,1-2H3,(H,23,26). The van der Waals surface area contributed by atoms with Crippen molar-refractivity contribution in [1.29, 1.82) is 0 Å². The SMILES string of the molecule is CN(Cc1nc2ccccc2n1C)C(=O)Nc1cccc2cnccc12. The second-order valence-electron chi connectivity index (χ2n) is 6.26. The molecule has 0 saturated carbocycles. The van der Waals surface area contributed by atoms with E-state index in [0.717, 1.165) is 33.3 Å². The van der Waals surface area contributed by atoms with E-state index in [-0.39, 0.29) is 6.03 Å². The van der Waals surface area contributed by atoms with Gasteiger partial charge in [-0.05, 0) is 24.3 Å². The maximum atomic E-state index is 12.6. The first kappa shape index (κ1) is 16.1. The summed E-state index contributed by atoms with van der Waals surface area (Å²) < 4.78 is 2.02. The van der Waals surface area contributed by atoms with Crippen LogP contribution in [0, 0.1) is 0 Å². The molecule has 130 valence electrons. The number of hydrogen-bond donors (Lipinski definition) is 1. The van der Waals surface area contributed by atoms with Gasteiger partial charge in [-0.25, -0.2) is 9.78 Å². The molecule has 0 aliphatic heterocycles. The molecule has 0 unspecified atom stereocenters. The fraction of sp³-hybridized carbons (Fsp3) is 0.150. The van der Waals surface area contributed by atoms with E-state index < -0.39 is 0 Å². The van der Waals surface area contributed by atoms with Gasteiger partial charge < -0.3 is 14.8 Å². The number of nitrogens with one attached hydrogen (secondary N) is 1. The number of aryl methyl sites for hydroxylation is 1. The number of anilines is 1. The summed E-state index contributed by atoms with van der Waals surface area (Å²) >= 11 is 0. The molecule has 2 aromatic carbocycles. The molecule has 4 aromatic rings. The summed E-state index contributed by atoms with van der Waals surface area (Å²) in [6.07, 6.45) is 3.51. The number of imidazole rings is 1. The number of hydrogen-bond acceptors (Lipinski definition) is 3. The summed E-state index contributed by atoms with van der Waals surface area (Å²) in [6, 6.07) is 15.4. The van der Waals surface area contributed by atoms with Crippen LogP contribution in [-0.2, 0) is 13.6 Å². The molecule has 2 aromatic heterocycles. The van der Waals surface area contributed by atoms with Crippen molar-refractivity contribution in [2.45, 2.75) is 6.54 Å². The van der Waals surface area contributed by atoms with Crippen molar-refractivity contribution in [2.24, 2.45) is 7.05 Å². The third kappa shape index (κ3) is 2.86. The third-order valence-corrected chi connectivity index (χ3v) is 4.53. The van der Waals surface area contributed by atoms with Crippen LogP contribution in [-0.4, -0.2) is 32.5 Å². The van der Waals surface area contributed by atoms with Crippen LogP contribution in [0.3, 0.4) is 0 Å². The molecule has 2 heterocycles. The molecule has 0 atom stereocenters. The minimum Gasteiger partial charge on any atom is -0.330 e. The number of pyridine rings is 1. The molecule has 26 heavy (non-hydrogen) atoms. The molecule has 0 aliphatic carbocycles. The van der Waals surface area contributed by atoms with Crippen molar-refractivity contribution in [3.05, 3.63) is 66.7 Å². The average Bonchev–Trinajstić information content (AvgIpc) is 2.98. The van der Waals surface area contributed by atoms with Crippen LogP contribution in [0.5, 0.6) is 0 Å². The summed E-state index contributed by atoms with van der Waals surface area (Å²) in [5.41, 5.74) is 2.75. The summed E-state index contributed by atoms with van der Waals surface area (Å²) in [5.74, 6) is 0.839. The molecule has 1 N–H and O–H groups in total. The van der Waals surface area contributed by atoms with Gasteiger partial charge in [0.05, 0.1) is 23.3 Å². The van der Waals surface area contributed by atoms with Crippen LogP contribution in [0.1, 0.15) is 5.82 Å². The first-order valence-electron chi connectivity index (χ1n) is 8.38. The zero-order valence-electron chi connectivity index (χ0n) is 14.7. The highest BCUT2D eigenvalue weighted by Gasteiger charge is 2.15. The third-order valence-electron chi connectivity index (χ3n) is 4.53. The van der Waals surface area contributed by atoms with Crippen molar-refractivity contribution < 1.29 is 4.79 Å². The Hall–Kier alpha value is -3.41. The van der Waals surface area contributed by atoms with Crippen molar-refractivity contribution in [3.8, 4) is 0 Å². The number of benzene rings is 2. The molecule has 2 amide bonds. The van der Waals surface area contributed by atoms with E-state index in [1.165, 1.54) is 0 Å². The van der Waals surface area contributed by atoms with E-state index in [0.29, 0.717) is 6.54 Å². The molecule has 6 nitrogen and oxygen atoms in total. The van der Waals surface area contributed by atoms with Crippen LogP contribution in [0.15, 0.2) is 60.9 Å². The van der Waals surface area contributed by atoms with Gasteiger partial charge in [-0.15, -0.1) is 0 Å². The minimum absolute atomic E-state index is 0.179. The molecular weight excluding hydrogens is 326 g/mol. The number of urea groups is 1. The van der Waals surface area contributed by atoms with Crippen molar-refractivity contribution in [3.63, 3.8) is 0 Å². The fourth-order valence-corrected chi connectivity index (χ4v) is 3.06. The molecule has 6 heteroatoms. The molecule has 0 saturated heterocycles. The Labute approximate surface area is 151 Å². The van der Waals surface area contributed by atoms with Gasteiger partial charge in [-0.1, -0.05) is 24.3 Å². The van der Waals surface area contributed by atoms with E-state index >= 15 is 0 Å². The van der Waals surface area contributed by atoms with Crippen LogP contribution in [0.25, 0.3) is 21.8 Å². The lowest BCUT2D eigenvalue weighted by atomic mass is 10.1. The van der Waals surface area contributed by atoms with Crippen molar-refractivity contribution in [1.82, 2.24) is 19.4 Å². The maximum absolute atomic E-state index is 12.6. The first-order valence-corrected chi connectivity index (χ1v) is 8.38. The highest BCUT2D eigenvalue weighted by molar-refractivity contribution is 6.01. The van der Waals surface area contributed by atoms with E-state index in [2.05, 4.69) is 15.3 Å². The van der Waals surface area contributed by atoms with Gasteiger partial charge in [0.15, 0.2) is 0 Å². The van der Waals surface area contributed by atoms with Crippen molar-refractivity contribution in [2.75, 3.05) is 12.4 Å². The second-order valence-corrected chi connectivity index (χ2v) is 6.26. The molecule has 0 aliphatic rings. The van der Waals surface area contributed by atoms with Gasteiger partial charge in [-0.2, -0.15) is 0 Å². The zero-order valence-corrected chi connectivity index (χ0v) is 14.7. The highest BCUT2D eigenvalue weighted by atomic mass is 16.2. The Morgan fingerprint density at radius 1 is 1.15 bits per heavy atom. The number of rotatable bonds is 3. The Balaban J connectivity index is 1.55. The Morgan fingerprint density at radius 2 is 2.00 bits per heavy atom. The maximum Gasteiger partial charge on any atom is 0.322 e. The van der Waals surface area contributed by atoms with E-state index in [9.17, 15) is 4.79 Å². The normalized spacial score (nSPS) is 11.0. The Kier molecular flexibility index (Phi) is 4.01. The number of aromatic nitrogens is 3. The number of carbonyl (C=O) groups is 1. The summed E-state index contributed by atoms with van der Waals surface area (Å²) in [4.78, 5) is 23.0. The molecule has 0 bridgehead atoms. The molecule has 0 spiro atoms. The Bertz CT molecular complexity index is 1100. The van der Waals surface area contributed by atoms with Gasteiger partial charge in [0.1, 0.15) is 5.82 Å². The lowest BCUT2D eigenvalue weighted by molar-refractivity contribution is 0.219. The molecule has 4 rings (SSSR count). The quantitative estimate of drug-likeness (QED) is 0.614. The van der Waals surface area contributed by atoms with Crippen LogP contribution in [0.2, 0.25) is 0 Å². The molecule has 0 fully saturated rings. The lowest BCUT2D eigenvalue weighted by Crippen LogP contribution is -2.31. The van der Waals surface area contributed by atoms with Crippen LogP contribution >= 0.6 is 0 Å². The van der Waals surface area contributed by atoms with Crippen LogP contribution < -0.4 is 5.32 Å². The highest BCUT2D eigenvalue weighted by Crippen LogP contribution is 2.22. The van der Waals surface area contributed by atoms with E-state index in [1.54, 1.807) is 24.3 Å². The van der Waals surface area contributed by atoms with Gasteiger partial charge in [0.2, 0.25) is 0 Å². The number of amides is 2. The predicted molar refractivity (Wildman–Crippen MR) is 103 cm³/mol. The molecule has 0 radical (unpaired) electrons. The average molecular weight is 345 g/mol. The van der Waals surface area contributed by atoms with Gasteiger partial charge in [0.25, 0.3) is 0 Å². The summed E-state index contributed by atoms with van der Waals surface area (Å²) in [6.45, 7) is 0.420. The van der Waals surface area contributed by atoms with Gasteiger partial charge in [-0.3, -0.25) is 4.98 Å². The topological polar surface area (TPSA) is 63.1 Å². The number of nitrogens with zero attached hydrogens (tertiary/aromatic N) is 4. The van der Waals surface area contributed by atoms with Gasteiger partial charge >= 0.3 is 6.03 Å². The minimum atomic E-state index is -0.179. The number of carbonyl (C=O) groups excluding carboxylic acids is 1.